The Bertz CT molecular complexity index is 669. The van der Waals surface area contributed by atoms with Gasteiger partial charge >= 0.3 is 0 Å². The van der Waals surface area contributed by atoms with Crippen LogP contribution in [0.1, 0.15) is 39.0 Å². The molecule has 0 aliphatic carbocycles. The maximum absolute atomic E-state index is 12.0. The maximum Gasteiger partial charge on any atom is 0.229 e. The first-order chi connectivity index (χ1) is 10.8. The van der Waals surface area contributed by atoms with Gasteiger partial charge in [-0.2, -0.15) is 0 Å². The summed E-state index contributed by atoms with van der Waals surface area (Å²) in [4.78, 5) is 17.9. The SMILES string of the molecule is CCCNc1nc(-c2ccc(NC(=O)C(C)(C)C)cc2)c(C)s1. The molecule has 0 unspecified atom stereocenters. The van der Waals surface area contributed by atoms with Crippen LogP contribution in [-0.2, 0) is 4.79 Å². The Hall–Kier alpha value is -1.88. The normalized spacial score (nSPS) is 11.3. The number of rotatable bonds is 5. The Kier molecular flexibility index (Phi) is 5.42. The molecule has 0 atom stereocenters. The zero-order valence-electron chi connectivity index (χ0n) is 14.5. The Labute approximate surface area is 142 Å². The summed E-state index contributed by atoms with van der Waals surface area (Å²) in [7, 11) is 0. The number of aryl methyl sites for hydroxylation is 1. The molecule has 124 valence electrons. The molecule has 2 N–H and O–H groups in total. The van der Waals surface area contributed by atoms with Gasteiger partial charge in [0.2, 0.25) is 5.91 Å². The first kappa shape index (κ1) is 17.5. The summed E-state index contributed by atoms with van der Waals surface area (Å²) >= 11 is 1.68. The van der Waals surface area contributed by atoms with E-state index in [-0.39, 0.29) is 5.91 Å². The molecular formula is C18H25N3OS. The summed E-state index contributed by atoms with van der Waals surface area (Å²) in [6, 6.07) is 7.86. The van der Waals surface area contributed by atoms with Crippen LogP contribution in [0.5, 0.6) is 0 Å². The second-order valence-corrected chi connectivity index (χ2v) is 7.84. The highest BCUT2D eigenvalue weighted by atomic mass is 32.1. The van der Waals surface area contributed by atoms with Gasteiger partial charge in [0.1, 0.15) is 0 Å². The molecule has 1 amide bonds. The largest absolute Gasteiger partial charge is 0.362 e. The van der Waals surface area contributed by atoms with Crippen molar-refractivity contribution < 1.29 is 4.79 Å². The number of amides is 1. The molecule has 0 aliphatic heterocycles. The van der Waals surface area contributed by atoms with Gasteiger partial charge in [0.15, 0.2) is 5.13 Å². The standard InChI is InChI=1S/C18H25N3OS/c1-6-11-19-17-21-15(12(2)23-17)13-7-9-14(10-8-13)20-16(22)18(3,4)5/h7-10H,6,11H2,1-5H3,(H,19,21)(H,20,22). The van der Waals surface area contributed by atoms with Crippen molar-refractivity contribution in [2.24, 2.45) is 5.41 Å². The Morgan fingerprint density at radius 1 is 1.22 bits per heavy atom. The van der Waals surface area contributed by atoms with Crippen LogP contribution in [0, 0.1) is 12.3 Å². The van der Waals surface area contributed by atoms with Crippen molar-refractivity contribution in [1.29, 1.82) is 0 Å². The zero-order valence-corrected chi connectivity index (χ0v) is 15.3. The topological polar surface area (TPSA) is 54.0 Å². The van der Waals surface area contributed by atoms with Gasteiger partial charge in [-0.1, -0.05) is 39.8 Å². The maximum atomic E-state index is 12.0. The molecule has 5 heteroatoms. The fraction of sp³-hybridized carbons (Fsp3) is 0.444. The number of nitrogens with zero attached hydrogens (tertiary/aromatic N) is 1. The number of anilines is 2. The van der Waals surface area contributed by atoms with E-state index >= 15 is 0 Å². The van der Waals surface area contributed by atoms with E-state index in [1.807, 2.05) is 45.0 Å². The van der Waals surface area contributed by atoms with E-state index in [1.165, 1.54) is 4.88 Å². The van der Waals surface area contributed by atoms with Crippen LogP contribution in [0.4, 0.5) is 10.8 Å². The molecule has 0 aliphatic rings. The summed E-state index contributed by atoms with van der Waals surface area (Å²) in [6.45, 7) is 10.9. The number of thiazole rings is 1. The lowest BCUT2D eigenvalue weighted by Crippen LogP contribution is -2.27. The summed E-state index contributed by atoms with van der Waals surface area (Å²) < 4.78 is 0. The van der Waals surface area contributed by atoms with Crippen LogP contribution in [0.15, 0.2) is 24.3 Å². The highest BCUT2D eigenvalue weighted by Gasteiger charge is 2.21. The minimum Gasteiger partial charge on any atom is -0.362 e. The summed E-state index contributed by atoms with van der Waals surface area (Å²) in [5.41, 5.74) is 2.48. The molecule has 1 heterocycles. The average molecular weight is 331 g/mol. The first-order valence-electron chi connectivity index (χ1n) is 7.94. The lowest BCUT2D eigenvalue weighted by molar-refractivity contribution is -0.123. The van der Waals surface area contributed by atoms with E-state index in [1.54, 1.807) is 11.3 Å². The van der Waals surface area contributed by atoms with Gasteiger partial charge in [-0.15, -0.1) is 11.3 Å². The molecule has 0 spiro atoms. The van der Waals surface area contributed by atoms with Crippen molar-refractivity contribution in [3.63, 3.8) is 0 Å². The second-order valence-electron chi connectivity index (χ2n) is 6.63. The monoisotopic (exact) mass is 331 g/mol. The minimum atomic E-state index is -0.399. The number of hydrogen-bond donors (Lipinski definition) is 2. The van der Waals surface area contributed by atoms with Crippen LogP contribution in [0.25, 0.3) is 11.3 Å². The molecular weight excluding hydrogens is 306 g/mol. The Morgan fingerprint density at radius 3 is 2.43 bits per heavy atom. The number of carbonyl (C=O) groups excluding carboxylic acids is 1. The predicted molar refractivity (Wildman–Crippen MR) is 99.2 cm³/mol. The minimum absolute atomic E-state index is 0.0149. The summed E-state index contributed by atoms with van der Waals surface area (Å²) in [6.07, 6.45) is 1.08. The van der Waals surface area contributed by atoms with E-state index in [2.05, 4.69) is 29.5 Å². The quantitative estimate of drug-likeness (QED) is 0.817. The molecule has 2 aromatic rings. The van der Waals surface area contributed by atoms with Crippen molar-refractivity contribution >= 4 is 28.1 Å². The van der Waals surface area contributed by atoms with Crippen molar-refractivity contribution in [3.8, 4) is 11.3 Å². The molecule has 23 heavy (non-hydrogen) atoms. The number of hydrogen-bond acceptors (Lipinski definition) is 4. The van der Waals surface area contributed by atoms with Gasteiger partial charge < -0.3 is 10.6 Å². The highest BCUT2D eigenvalue weighted by molar-refractivity contribution is 7.16. The fourth-order valence-electron chi connectivity index (χ4n) is 2.00. The summed E-state index contributed by atoms with van der Waals surface area (Å²) in [5.74, 6) is 0.0149. The zero-order chi connectivity index (χ0) is 17.0. The smallest absolute Gasteiger partial charge is 0.229 e. The first-order valence-corrected chi connectivity index (χ1v) is 8.76. The fourth-order valence-corrected chi connectivity index (χ4v) is 2.86. The van der Waals surface area contributed by atoms with Crippen molar-refractivity contribution in [1.82, 2.24) is 4.98 Å². The van der Waals surface area contributed by atoms with E-state index in [0.29, 0.717) is 0 Å². The van der Waals surface area contributed by atoms with Crippen LogP contribution in [-0.4, -0.2) is 17.4 Å². The van der Waals surface area contributed by atoms with Crippen LogP contribution < -0.4 is 10.6 Å². The van der Waals surface area contributed by atoms with Gasteiger partial charge in [-0.25, -0.2) is 4.98 Å². The molecule has 0 bridgehead atoms. The van der Waals surface area contributed by atoms with Crippen LogP contribution in [0.3, 0.4) is 0 Å². The Morgan fingerprint density at radius 2 is 1.87 bits per heavy atom. The molecule has 1 aromatic heterocycles. The van der Waals surface area contributed by atoms with Crippen molar-refractivity contribution in [2.45, 2.75) is 41.0 Å². The molecule has 2 rings (SSSR count). The molecule has 1 aromatic carbocycles. The van der Waals surface area contributed by atoms with E-state index in [4.69, 9.17) is 0 Å². The molecule has 0 saturated heterocycles. The van der Waals surface area contributed by atoms with Gasteiger partial charge in [0.05, 0.1) is 5.69 Å². The third-order valence-electron chi connectivity index (χ3n) is 3.42. The van der Waals surface area contributed by atoms with Gasteiger partial charge in [0.25, 0.3) is 0 Å². The molecule has 0 fully saturated rings. The number of carbonyl (C=O) groups is 1. The van der Waals surface area contributed by atoms with Crippen molar-refractivity contribution in [3.05, 3.63) is 29.1 Å². The van der Waals surface area contributed by atoms with Gasteiger partial charge in [-0.05, 0) is 25.5 Å². The molecule has 0 saturated carbocycles. The second kappa shape index (κ2) is 7.13. The number of benzene rings is 1. The number of aromatic nitrogens is 1. The molecule has 4 nitrogen and oxygen atoms in total. The Balaban J connectivity index is 2.13. The third kappa shape index (κ3) is 4.55. The summed E-state index contributed by atoms with van der Waals surface area (Å²) in [5, 5.41) is 7.23. The van der Waals surface area contributed by atoms with E-state index in [9.17, 15) is 4.79 Å². The lowest BCUT2D eigenvalue weighted by Gasteiger charge is -2.17. The van der Waals surface area contributed by atoms with Gasteiger partial charge in [-0.3, -0.25) is 4.79 Å². The van der Waals surface area contributed by atoms with E-state index < -0.39 is 5.41 Å². The van der Waals surface area contributed by atoms with Crippen LogP contribution in [0.2, 0.25) is 0 Å². The number of nitrogens with one attached hydrogen (secondary N) is 2. The average Bonchev–Trinajstić information content (AvgIpc) is 2.86. The third-order valence-corrected chi connectivity index (χ3v) is 4.35. The predicted octanol–water partition coefficient (Wildman–Crippen LogP) is 4.93. The van der Waals surface area contributed by atoms with Crippen LogP contribution >= 0.6 is 11.3 Å². The van der Waals surface area contributed by atoms with Gasteiger partial charge in [0, 0.05) is 28.1 Å². The van der Waals surface area contributed by atoms with Crippen molar-refractivity contribution in [2.75, 3.05) is 17.2 Å². The lowest BCUT2D eigenvalue weighted by atomic mass is 9.95. The van der Waals surface area contributed by atoms with E-state index in [0.717, 1.165) is 35.0 Å². The molecule has 0 radical (unpaired) electrons. The highest BCUT2D eigenvalue weighted by Crippen LogP contribution is 2.31.